The minimum atomic E-state index is -0.383. The SMILES string of the molecule is O=C1C=C2SCCOC2O1. The summed E-state index contributed by atoms with van der Waals surface area (Å²) in [6.07, 6.45) is 1.11. The minimum Gasteiger partial charge on any atom is -0.427 e. The third kappa shape index (κ3) is 0.932. The number of carbonyl (C=O) groups excluding carboxylic acids is 1. The number of hydrogen-bond donors (Lipinski definition) is 0. The van der Waals surface area contributed by atoms with Crippen LogP contribution in [0.2, 0.25) is 0 Å². The van der Waals surface area contributed by atoms with E-state index in [2.05, 4.69) is 0 Å². The van der Waals surface area contributed by atoms with Crippen molar-refractivity contribution in [1.29, 1.82) is 0 Å². The van der Waals surface area contributed by atoms with Crippen LogP contribution in [0.25, 0.3) is 0 Å². The molecule has 2 rings (SSSR count). The molecule has 2 aliphatic heterocycles. The molecule has 0 saturated carbocycles. The zero-order valence-electron chi connectivity index (χ0n) is 5.20. The van der Waals surface area contributed by atoms with Gasteiger partial charge in [-0.1, -0.05) is 0 Å². The van der Waals surface area contributed by atoms with Crippen LogP contribution in [0.3, 0.4) is 0 Å². The Hall–Kier alpha value is -0.480. The van der Waals surface area contributed by atoms with E-state index in [0.717, 1.165) is 10.7 Å². The zero-order valence-corrected chi connectivity index (χ0v) is 6.02. The minimum absolute atomic E-state index is 0.283. The Morgan fingerprint density at radius 2 is 2.60 bits per heavy atom. The molecule has 0 N–H and O–H groups in total. The number of esters is 1. The Balaban J connectivity index is 2.17. The van der Waals surface area contributed by atoms with E-state index in [1.54, 1.807) is 11.8 Å². The molecule has 0 amide bonds. The van der Waals surface area contributed by atoms with Crippen LogP contribution in [0, 0.1) is 0 Å². The van der Waals surface area contributed by atoms with Gasteiger partial charge in [0.25, 0.3) is 0 Å². The van der Waals surface area contributed by atoms with Crippen molar-refractivity contribution in [1.82, 2.24) is 0 Å². The molecule has 0 spiro atoms. The molecule has 3 nitrogen and oxygen atoms in total. The van der Waals surface area contributed by atoms with Crippen LogP contribution >= 0.6 is 11.8 Å². The summed E-state index contributed by atoms with van der Waals surface area (Å²) in [5, 5.41) is 0. The van der Waals surface area contributed by atoms with Crippen molar-refractivity contribution < 1.29 is 14.3 Å². The molecule has 1 fully saturated rings. The second-order valence-corrected chi connectivity index (χ2v) is 3.20. The molecule has 0 aromatic carbocycles. The first-order chi connectivity index (χ1) is 4.86. The van der Waals surface area contributed by atoms with Crippen LogP contribution in [-0.4, -0.2) is 24.6 Å². The van der Waals surface area contributed by atoms with Crippen molar-refractivity contribution in [3.8, 4) is 0 Å². The van der Waals surface area contributed by atoms with Crippen LogP contribution in [-0.2, 0) is 14.3 Å². The van der Waals surface area contributed by atoms with Crippen molar-refractivity contribution in [2.24, 2.45) is 0 Å². The normalized spacial score (nSPS) is 31.0. The summed E-state index contributed by atoms with van der Waals surface area (Å²) in [5.74, 6) is 0.633. The average Bonchev–Trinajstić information content (AvgIpc) is 2.27. The van der Waals surface area contributed by atoms with Gasteiger partial charge in [0, 0.05) is 11.8 Å². The van der Waals surface area contributed by atoms with Gasteiger partial charge in [0.2, 0.25) is 6.29 Å². The van der Waals surface area contributed by atoms with Crippen LogP contribution in [0.4, 0.5) is 0 Å². The lowest BCUT2D eigenvalue weighted by Crippen LogP contribution is -2.20. The van der Waals surface area contributed by atoms with Crippen molar-refractivity contribution in [3.63, 3.8) is 0 Å². The third-order valence-electron chi connectivity index (χ3n) is 1.34. The topological polar surface area (TPSA) is 35.5 Å². The van der Waals surface area contributed by atoms with Gasteiger partial charge in [0.05, 0.1) is 11.5 Å². The van der Waals surface area contributed by atoms with E-state index in [9.17, 15) is 4.79 Å². The fraction of sp³-hybridized carbons (Fsp3) is 0.500. The Kier molecular flexibility index (Phi) is 1.43. The van der Waals surface area contributed by atoms with E-state index in [1.807, 2.05) is 0 Å². The average molecular weight is 158 g/mol. The second kappa shape index (κ2) is 2.29. The maximum Gasteiger partial charge on any atom is 0.334 e. The molecular weight excluding hydrogens is 152 g/mol. The van der Waals surface area contributed by atoms with E-state index < -0.39 is 0 Å². The van der Waals surface area contributed by atoms with Crippen LogP contribution in [0.15, 0.2) is 11.0 Å². The van der Waals surface area contributed by atoms with E-state index in [4.69, 9.17) is 9.47 Å². The molecule has 1 saturated heterocycles. The largest absolute Gasteiger partial charge is 0.427 e. The Labute approximate surface area is 62.4 Å². The number of fused-ring (bicyclic) bond motifs is 1. The van der Waals surface area contributed by atoms with Gasteiger partial charge in [0.1, 0.15) is 0 Å². The zero-order chi connectivity index (χ0) is 6.97. The van der Waals surface area contributed by atoms with Gasteiger partial charge in [0.15, 0.2) is 0 Å². The van der Waals surface area contributed by atoms with Crippen molar-refractivity contribution in [3.05, 3.63) is 11.0 Å². The molecule has 1 atom stereocenters. The maximum atomic E-state index is 10.6. The number of thioether (sulfide) groups is 1. The Morgan fingerprint density at radius 1 is 1.70 bits per heavy atom. The quantitative estimate of drug-likeness (QED) is 0.481. The highest BCUT2D eigenvalue weighted by atomic mass is 32.2. The molecule has 10 heavy (non-hydrogen) atoms. The van der Waals surface area contributed by atoms with Gasteiger partial charge < -0.3 is 9.47 Å². The van der Waals surface area contributed by atoms with Crippen LogP contribution < -0.4 is 0 Å². The molecule has 2 heterocycles. The summed E-state index contributed by atoms with van der Waals surface area (Å²) in [6.45, 7) is 0.667. The lowest BCUT2D eigenvalue weighted by atomic mass is 10.5. The summed E-state index contributed by atoms with van der Waals surface area (Å²) in [5.41, 5.74) is 0. The molecule has 0 aromatic rings. The molecule has 4 heteroatoms. The second-order valence-electron chi connectivity index (χ2n) is 2.03. The number of ether oxygens (including phenoxy) is 2. The van der Waals surface area contributed by atoms with Crippen LogP contribution in [0.5, 0.6) is 0 Å². The smallest absolute Gasteiger partial charge is 0.334 e. The lowest BCUT2D eigenvalue weighted by molar-refractivity contribution is -0.158. The van der Waals surface area contributed by atoms with E-state index in [0.29, 0.717) is 6.61 Å². The van der Waals surface area contributed by atoms with Gasteiger partial charge in [-0.3, -0.25) is 0 Å². The van der Waals surface area contributed by atoms with Gasteiger partial charge in [-0.05, 0) is 0 Å². The predicted octanol–water partition coefficient (Wildman–Crippen LogP) is 0.517. The summed E-state index contributed by atoms with van der Waals surface area (Å²) in [7, 11) is 0. The molecule has 0 bridgehead atoms. The standard InChI is InChI=1S/C6H6O3S/c7-5-3-4-6(9-5)8-1-2-10-4/h3,6H,1-2H2. The molecule has 0 radical (unpaired) electrons. The van der Waals surface area contributed by atoms with Crippen molar-refractivity contribution in [2.45, 2.75) is 6.29 Å². The summed E-state index contributed by atoms with van der Waals surface area (Å²) in [4.78, 5) is 11.5. The Morgan fingerprint density at radius 3 is 3.40 bits per heavy atom. The maximum absolute atomic E-state index is 10.6. The molecule has 54 valence electrons. The van der Waals surface area contributed by atoms with E-state index in [-0.39, 0.29) is 12.3 Å². The highest BCUT2D eigenvalue weighted by Gasteiger charge is 2.29. The highest BCUT2D eigenvalue weighted by molar-refractivity contribution is 8.03. The first-order valence-electron chi connectivity index (χ1n) is 3.03. The number of rotatable bonds is 0. The fourth-order valence-electron chi connectivity index (χ4n) is 0.922. The molecule has 0 aromatic heterocycles. The van der Waals surface area contributed by atoms with Gasteiger partial charge in [-0.15, -0.1) is 11.8 Å². The summed E-state index contributed by atoms with van der Waals surface area (Å²) in [6, 6.07) is 0. The van der Waals surface area contributed by atoms with Gasteiger partial charge in [-0.2, -0.15) is 0 Å². The molecule has 2 aliphatic rings. The monoisotopic (exact) mass is 158 g/mol. The lowest BCUT2D eigenvalue weighted by Gasteiger charge is -2.18. The van der Waals surface area contributed by atoms with Crippen molar-refractivity contribution >= 4 is 17.7 Å². The molecule has 1 unspecified atom stereocenters. The third-order valence-corrected chi connectivity index (χ3v) is 2.35. The summed E-state index contributed by atoms with van der Waals surface area (Å²) >= 11 is 1.63. The van der Waals surface area contributed by atoms with E-state index in [1.165, 1.54) is 6.08 Å². The van der Waals surface area contributed by atoms with Crippen LogP contribution in [0.1, 0.15) is 0 Å². The first kappa shape index (κ1) is 6.24. The highest BCUT2D eigenvalue weighted by Crippen LogP contribution is 2.31. The number of carbonyl (C=O) groups is 1. The van der Waals surface area contributed by atoms with Gasteiger partial charge in [-0.25, -0.2) is 4.79 Å². The molecular formula is C6H6O3S. The molecule has 0 aliphatic carbocycles. The van der Waals surface area contributed by atoms with Crippen molar-refractivity contribution in [2.75, 3.05) is 12.4 Å². The summed E-state index contributed by atoms with van der Waals surface area (Å²) < 4.78 is 9.93. The Bertz CT molecular complexity index is 199. The van der Waals surface area contributed by atoms with E-state index >= 15 is 0 Å². The number of hydrogen-bond acceptors (Lipinski definition) is 4. The van der Waals surface area contributed by atoms with Gasteiger partial charge >= 0.3 is 5.97 Å². The first-order valence-corrected chi connectivity index (χ1v) is 4.01. The predicted molar refractivity (Wildman–Crippen MR) is 36.4 cm³/mol. The fourth-order valence-corrected chi connectivity index (χ4v) is 1.77.